The lowest BCUT2D eigenvalue weighted by Crippen LogP contribution is -2.18. The standard InChI is InChI=1S/C13H21NO/c1-4-11(5-2)14-13-9-7-6-8-12(13)10(3)15/h6-11,14-15H,4-5H2,1-3H3. The van der Waals surface area contributed by atoms with E-state index in [1.54, 1.807) is 6.92 Å². The first-order valence-corrected chi connectivity index (χ1v) is 5.72. The molecule has 1 aromatic carbocycles. The first-order chi connectivity index (χ1) is 7.19. The largest absolute Gasteiger partial charge is 0.389 e. The minimum absolute atomic E-state index is 0.414. The topological polar surface area (TPSA) is 32.3 Å². The molecule has 0 fully saturated rings. The molecule has 0 radical (unpaired) electrons. The summed E-state index contributed by atoms with van der Waals surface area (Å²) in [4.78, 5) is 0. The Bertz CT molecular complexity index is 292. The number of aliphatic hydroxyl groups excluding tert-OH is 1. The van der Waals surface area contributed by atoms with Crippen LogP contribution in [0.25, 0.3) is 0 Å². The third-order valence-corrected chi connectivity index (χ3v) is 2.76. The van der Waals surface area contributed by atoms with Crippen molar-refractivity contribution in [2.24, 2.45) is 0 Å². The summed E-state index contributed by atoms with van der Waals surface area (Å²) in [5, 5.41) is 13.1. The van der Waals surface area contributed by atoms with E-state index in [9.17, 15) is 5.11 Å². The lowest BCUT2D eigenvalue weighted by Gasteiger charge is -2.20. The molecule has 84 valence electrons. The predicted molar refractivity (Wildman–Crippen MR) is 65.1 cm³/mol. The van der Waals surface area contributed by atoms with Crippen LogP contribution in [0.5, 0.6) is 0 Å². The summed E-state index contributed by atoms with van der Waals surface area (Å²) >= 11 is 0. The molecule has 15 heavy (non-hydrogen) atoms. The van der Waals surface area contributed by atoms with E-state index >= 15 is 0 Å². The van der Waals surface area contributed by atoms with Crippen LogP contribution in [0.3, 0.4) is 0 Å². The molecule has 0 aliphatic heterocycles. The Hall–Kier alpha value is -1.02. The first-order valence-electron chi connectivity index (χ1n) is 5.72. The fraction of sp³-hybridized carbons (Fsp3) is 0.538. The molecule has 1 rings (SSSR count). The molecule has 2 nitrogen and oxygen atoms in total. The van der Waals surface area contributed by atoms with E-state index < -0.39 is 6.10 Å². The zero-order valence-electron chi connectivity index (χ0n) is 9.83. The molecule has 0 aliphatic carbocycles. The Morgan fingerprint density at radius 2 is 1.80 bits per heavy atom. The summed E-state index contributed by atoms with van der Waals surface area (Å²) in [7, 11) is 0. The van der Waals surface area contributed by atoms with Crippen LogP contribution in [0.2, 0.25) is 0 Å². The van der Waals surface area contributed by atoms with Crippen LogP contribution < -0.4 is 5.32 Å². The van der Waals surface area contributed by atoms with Crippen molar-refractivity contribution in [3.8, 4) is 0 Å². The summed E-state index contributed by atoms with van der Waals surface area (Å²) in [5.74, 6) is 0. The third-order valence-electron chi connectivity index (χ3n) is 2.76. The minimum atomic E-state index is -0.414. The highest BCUT2D eigenvalue weighted by molar-refractivity contribution is 5.52. The SMILES string of the molecule is CCC(CC)Nc1ccccc1C(C)O. The van der Waals surface area contributed by atoms with Crippen LogP contribution in [-0.2, 0) is 0 Å². The molecule has 1 unspecified atom stereocenters. The van der Waals surface area contributed by atoms with Gasteiger partial charge in [0, 0.05) is 17.3 Å². The van der Waals surface area contributed by atoms with E-state index in [0.717, 1.165) is 24.1 Å². The number of nitrogens with one attached hydrogen (secondary N) is 1. The van der Waals surface area contributed by atoms with Gasteiger partial charge in [0.25, 0.3) is 0 Å². The van der Waals surface area contributed by atoms with Crippen molar-refractivity contribution in [2.75, 3.05) is 5.32 Å². The van der Waals surface area contributed by atoms with Crippen molar-refractivity contribution in [1.29, 1.82) is 0 Å². The van der Waals surface area contributed by atoms with Crippen LogP contribution >= 0.6 is 0 Å². The second kappa shape index (κ2) is 5.76. The van der Waals surface area contributed by atoms with Crippen molar-refractivity contribution in [2.45, 2.75) is 45.8 Å². The van der Waals surface area contributed by atoms with E-state index in [1.807, 2.05) is 24.3 Å². The van der Waals surface area contributed by atoms with Crippen LogP contribution in [-0.4, -0.2) is 11.1 Å². The van der Waals surface area contributed by atoms with Gasteiger partial charge in [-0.25, -0.2) is 0 Å². The first kappa shape index (κ1) is 12.1. The summed E-state index contributed by atoms with van der Waals surface area (Å²) in [5.41, 5.74) is 2.03. The molecule has 0 saturated heterocycles. The summed E-state index contributed by atoms with van der Waals surface area (Å²) in [6.45, 7) is 6.14. The maximum atomic E-state index is 9.62. The molecule has 2 N–H and O–H groups in total. The monoisotopic (exact) mass is 207 g/mol. The van der Waals surface area contributed by atoms with Gasteiger partial charge in [-0.1, -0.05) is 32.0 Å². The van der Waals surface area contributed by atoms with Gasteiger partial charge < -0.3 is 10.4 Å². The minimum Gasteiger partial charge on any atom is -0.389 e. The highest BCUT2D eigenvalue weighted by Gasteiger charge is 2.09. The van der Waals surface area contributed by atoms with E-state index in [2.05, 4.69) is 19.2 Å². The Morgan fingerprint density at radius 3 is 2.33 bits per heavy atom. The molecule has 0 aromatic heterocycles. The zero-order chi connectivity index (χ0) is 11.3. The Balaban J connectivity index is 2.83. The van der Waals surface area contributed by atoms with Crippen molar-refractivity contribution >= 4 is 5.69 Å². The highest BCUT2D eigenvalue weighted by atomic mass is 16.3. The van der Waals surface area contributed by atoms with E-state index in [-0.39, 0.29) is 0 Å². The van der Waals surface area contributed by atoms with Crippen LogP contribution in [0.1, 0.15) is 45.3 Å². The Morgan fingerprint density at radius 1 is 1.20 bits per heavy atom. The number of anilines is 1. The maximum absolute atomic E-state index is 9.62. The van der Waals surface area contributed by atoms with E-state index in [4.69, 9.17) is 0 Å². The smallest absolute Gasteiger partial charge is 0.0781 e. The number of hydrogen-bond donors (Lipinski definition) is 2. The lowest BCUT2D eigenvalue weighted by atomic mass is 10.1. The average molecular weight is 207 g/mol. The van der Waals surface area contributed by atoms with E-state index in [0.29, 0.717) is 6.04 Å². The highest BCUT2D eigenvalue weighted by Crippen LogP contribution is 2.23. The predicted octanol–water partition coefficient (Wildman–Crippen LogP) is 3.34. The molecular formula is C13H21NO. The average Bonchev–Trinajstić information content (AvgIpc) is 2.26. The Kier molecular flexibility index (Phi) is 4.63. The molecule has 2 heteroatoms. The number of benzene rings is 1. The number of para-hydroxylation sites is 1. The lowest BCUT2D eigenvalue weighted by molar-refractivity contribution is 0.200. The van der Waals surface area contributed by atoms with Crippen molar-refractivity contribution in [3.63, 3.8) is 0 Å². The summed E-state index contributed by atoms with van der Waals surface area (Å²) in [6, 6.07) is 8.44. The second-order valence-electron chi connectivity index (χ2n) is 3.92. The number of hydrogen-bond acceptors (Lipinski definition) is 2. The van der Waals surface area contributed by atoms with Crippen molar-refractivity contribution in [1.82, 2.24) is 0 Å². The molecule has 0 heterocycles. The molecule has 0 aliphatic rings. The van der Waals surface area contributed by atoms with E-state index in [1.165, 1.54) is 0 Å². The molecule has 1 atom stereocenters. The molecule has 1 aromatic rings. The second-order valence-corrected chi connectivity index (χ2v) is 3.92. The van der Waals surface area contributed by atoms with Gasteiger partial charge in [-0.3, -0.25) is 0 Å². The van der Waals surface area contributed by atoms with Crippen molar-refractivity contribution in [3.05, 3.63) is 29.8 Å². The van der Waals surface area contributed by atoms with Gasteiger partial charge in [0.05, 0.1) is 6.10 Å². The van der Waals surface area contributed by atoms with Gasteiger partial charge in [-0.15, -0.1) is 0 Å². The van der Waals surface area contributed by atoms with Crippen LogP contribution in [0, 0.1) is 0 Å². The molecule has 0 saturated carbocycles. The summed E-state index contributed by atoms with van der Waals surface area (Å²) in [6.07, 6.45) is 1.79. The molecule has 0 spiro atoms. The van der Waals surface area contributed by atoms with Gasteiger partial charge in [-0.05, 0) is 25.8 Å². The fourth-order valence-electron chi connectivity index (χ4n) is 1.71. The molecular weight excluding hydrogens is 186 g/mol. The van der Waals surface area contributed by atoms with Gasteiger partial charge in [0.1, 0.15) is 0 Å². The number of rotatable bonds is 5. The summed E-state index contributed by atoms with van der Waals surface area (Å²) < 4.78 is 0. The quantitative estimate of drug-likeness (QED) is 0.776. The van der Waals surface area contributed by atoms with Crippen LogP contribution in [0.4, 0.5) is 5.69 Å². The van der Waals surface area contributed by atoms with Crippen LogP contribution in [0.15, 0.2) is 24.3 Å². The fourth-order valence-corrected chi connectivity index (χ4v) is 1.71. The third kappa shape index (κ3) is 3.24. The van der Waals surface area contributed by atoms with Gasteiger partial charge in [0.15, 0.2) is 0 Å². The zero-order valence-corrected chi connectivity index (χ0v) is 9.83. The normalized spacial score (nSPS) is 12.9. The van der Waals surface area contributed by atoms with Gasteiger partial charge in [-0.2, -0.15) is 0 Å². The number of aliphatic hydroxyl groups is 1. The molecule has 0 bridgehead atoms. The van der Waals surface area contributed by atoms with Crippen molar-refractivity contribution < 1.29 is 5.11 Å². The van der Waals surface area contributed by atoms with Gasteiger partial charge in [0.2, 0.25) is 0 Å². The maximum Gasteiger partial charge on any atom is 0.0781 e. The molecule has 0 amide bonds. The van der Waals surface area contributed by atoms with Gasteiger partial charge >= 0.3 is 0 Å². The Labute approximate surface area is 92.3 Å².